The van der Waals surface area contributed by atoms with Crippen LogP contribution in [0.2, 0.25) is 0 Å². The smallest absolute Gasteiger partial charge is 0.240 e. The molecule has 0 spiro atoms. The minimum atomic E-state index is 0.00554. The highest BCUT2D eigenvalue weighted by atomic mass is 32.2. The van der Waals surface area contributed by atoms with Crippen LogP contribution in [-0.2, 0) is 11.2 Å². The molecule has 1 N–H and O–H groups in total. The summed E-state index contributed by atoms with van der Waals surface area (Å²) >= 11 is 1.78. The Bertz CT molecular complexity index is 430. The zero-order valence-corrected chi connectivity index (χ0v) is 12.9. The summed E-state index contributed by atoms with van der Waals surface area (Å²) in [7, 11) is 3.56. The first-order chi connectivity index (χ1) is 9.70. The van der Waals surface area contributed by atoms with Gasteiger partial charge in [-0.15, -0.1) is 11.8 Å². The lowest BCUT2D eigenvalue weighted by Gasteiger charge is -2.20. The zero-order valence-electron chi connectivity index (χ0n) is 12.1. The fourth-order valence-corrected chi connectivity index (χ4v) is 3.18. The maximum absolute atomic E-state index is 12.1. The highest BCUT2D eigenvalue weighted by Crippen LogP contribution is 2.14. The Morgan fingerprint density at radius 1 is 1.45 bits per heavy atom. The molecule has 1 aromatic carbocycles. The first-order valence-corrected chi connectivity index (χ1v) is 8.05. The fraction of sp³-hybridized carbons (Fsp3) is 0.533. The van der Waals surface area contributed by atoms with E-state index in [9.17, 15) is 4.79 Å². The fourth-order valence-electron chi connectivity index (χ4n) is 2.24. The predicted molar refractivity (Wildman–Crippen MR) is 83.2 cm³/mol. The van der Waals surface area contributed by atoms with E-state index in [4.69, 9.17) is 4.74 Å². The highest BCUT2D eigenvalue weighted by molar-refractivity contribution is 7.99. The lowest BCUT2D eigenvalue weighted by atomic mass is 10.1. The van der Waals surface area contributed by atoms with E-state index in [-0.39, 0.29) is 11.9 Å². The van der Waals surface area contributed by atoms with Crippen LogP contribution in [0.25, 0.3) is 0 Å². The van der Waals surface area contributed by atoms with Crippen LogP contribution in [0.15, 0.2) is 24.3 Å². The molecule has 20 heavy (non-hydrogen) atoms. The first-order valence-electron chi connectivity index (χ1n) is 6.89. The number of hydrogen-bond acceptors (Lipinski definition) is 4. The standard InChI is InChI=1S/C15H22N2O2S/c1-17(15(18)14-10-20-11-16-14)9-3-4-12-5-7-13(19-2)8-6-12/h5-8,14,16H,3-4,9-11H2,1-2H3. The van der Waals surface area contributed by atoms with Crippen molar-refractivity contribution in [2.75, 3.05) is 32.3 Å². The number of nitrogens with zero attached hydrogens (tertiary/aromatic N) is 1. The SMILES string of the molecule is COc1ccc(CCCN(C)C(=O)C2CSCN2)cc1. The second-order valence-corrected chi connectivity index (χ2v) is 6.01. The molecule has 1 aliphatic rings. The van der Waals surface area contributed by atoms with Gasteiger partial charge in [0.1, 0.15) is 5.75 Å². The summed E-state index contributed by atoms with van der Waals surface area (Å²) < 4.78 is 5.14. The number of ether oxygens (including phenoxy) is 1. The molecule has 0 aromatic heterocycles. The summed E-state index contributed by atoms with van der Waals surface area (Å²) in [4.78, 5) is 13.9. The Morgan fingerprint density at radius 3 is 2.80 bits per heavy atom. The number of nitrogens with one attached hydrogen (secondary N) is 1. The normalized spacial score (nSPS) is 18.0. The molecule has 2 rings (SSSR count). The van der Waals surface area contributed by atoms with Crippen molar-refractivity contribution in [1.29, 1.82) is 0 Å². The molecule has 0 bridgehead atoms. The molecule has 4 nitrogen and oxygen atoms in total. The molecule has 1 aliphatic heterocycles. The van der Waals surface area contributed by atoms with Gasteiger partial charge in [0.2, 0.25) is 5.91 Å². The van der Waals surface area contributed by atoms with E-state index in [1.807, 2.05) is 24.1 Å². The van der Waals surface area contributed by atoms with Gasteiger partial charge in [-0.2, -0.15) is 0 Å². The third-order valence-corrected chi connectivity index (χ3v) is 4.45. The first kappa shape index (κ1) is 15.2. The summed E-state index contributed by atoms with van der Waals surface area (Å²) in [6.07, 6.45) is 1.96. The molecule has 5 heteroatoms. The number of benzene rings is 1. The van der Waals surface area contributed by atoms with Crippen molar-refractivity contribution >= 4 is 17.7 Å². The quantitative estimate of drug-likeness (QED) is 0.868. The number of methoxy groups -OCH3 is 1. The molecule has 1 fully saturated rings. The van der Waals surface area contributed by atoms with E-state index < -0.39 is 0 Å². The van der Waals surface area contributed by atoms with Crippen molar-refractivity contribution in [3.05, 3.63) is 29.8 Å². The molecule has 0 saturated carbocycles. The number of aryl methyl sites for hydroxylation is 1. The number of amides is 1. The Hall–Kier alpha value is -1.20. The van der Waals surface area contributed by atoms with E-state index in [1.165, 1.54) is 5.56 Å². The molecule has 1 heterocycles. The Balaban J connectivity index is 1.72. The zero-order chi connectivity index (χ0) is 14.4. The average Bonchev–Trinajstić information content (AvgIpc) is 3.01. The van der Waals surface area contributed by atoms with Crippen LogP contribution in [0.1, 0.15) is 12.0 Å². The topological polar surface area (TPSA) is 41.6 Å². The number of hydrogen-bond donors (Lipinski definition) is 1. The van der Waals surface area contributed by atoms with Crippen molar-refractivity contribution in [1.82, 2.24) is 10.2 Å². The second-order valence-electron chi connectivity index (χ2n) is 4.98. The van der Waals surface area contributed by atoms with E-state index in [0.717, 1.165) is 36.8 Å². The number of rotatable bonds is 6. The van der Waals surface area contributed by atoms with E-state index in [1.54, 1.807) is 18.9 Å². The number of likely N-dealkylation sites (N-methyl/N-ethyl adjacent to an activating group) is 1. The summed E-state index contributed by atoms with van der Waals surface area (Å²) in [5.41, 5.74) is 1.28. The van der Waals surface area contributed by atoms with Gasteiger partial charge in [0.05, 0.1) is 13.2 Å². The third kappa shape index (κ3) is 4.15. The largest absolute Gasteiger partial charge is 0.497 e. The molecular weight excluding hydrogens is 272 g/mol. The van der Waals surface area contributed by atoms with Crippen LogP contribution < -0.4 is 10.1 Å². The van der Waals surface area contributed by atoms with E-state index in [2.05, 4.69) is 17.4 Å². The Kier molecular flexibility index (Phi) is 5.73. The van der Waals surface area contributed by atoms with Gasteiger partial charge >= 0.3 is 0 Å². The summed E-state index contributed by atoms with van der Waals surface area (Å²) in [6.45, 7) is 0.799. The van der Waals surface area contributed by atoms with Crippen LogP contribution in [0.5, 0.6) is 5.75 Å². The van der Waals surface area contributed by atoms with Crippen LogP contribution >= 0.6 is 11.8 Å². The summed E-state index contributed by atoms with van der Waals surface area (Å²) in [6, 6.07) is 8.12. The van der Waals surface area contributed by atoms with E-state index in [0.29, 0.717) is 0 Å². The highest BCUT2D eigenvalue weighted by Gasteiger charge is 2.24. The Labute approximate surface area is 124 Å². The second kappa shape index (κ2) is 7.55. The van der Waals surface area contributed by atoms with Gasteiger partial charge in [0.15, 0.2) is 0 Å². The Morgan fingerprint density at radius 2 is 2.20 bits per heavy atom. The van der Waals surface area contributed by atoms with Gasteiger partial charge in [-0.25, -0.2) is 0 Å². The average molecular weight is 294 g/mol. The van der Waals surface area contributed by atoms with Crippen molar-refractivity contribution in [3.8, 4) is 5.75 Å². The van der Waals surface area contributed by atoms with Gasteiger partial charge < -0.3 is 9.64 Å². The maximum Gasteiger partial charge on any atom is 0.240 e. The molecule has 0 radical (unpaired) electrons. The molecule has 1 atom stereocenters. The van der Waals surface area contributed by atoms with E-state index >= 15 is 0 Å². The minimum Gasteiger partial charge on any atom is -0.497 e. The van der Waals surface area contributed by atoms with Gasteiger partial charge in [0, 0.05) is 25.2 Å². The van der Waals surface area contributed by atoms with Crippen molar-refractivity contribution < 1.29 is 9.53 Å². The van der Waals surface area contributed by atoms with Crippen LogP contribution in [0.3, 0.4) is 0 Å². The number of carbonyl (C=O) groups excluding carboxylic acids is 1. The van der Waals surface area contributed by atoms with Crippen molar-refractivity contribution in [2.45, 2.75) is 18.9 Å². The predicted octanol–water partition coefficient (Wildman–Crippen LogP) is 1.75. The molecule has 1 amide bonds. The van der Waals surface area contributed by atoms with Gasteiger partial charge in [-0.3, -0.25) is 10.1 Å². The molecule has 110 valence electrons. The maximum atomic E-state index is 12.1. The minimum absolute atomic E-state index is 0.00554. The molecule has 1 aromatic rings. The van der Waals surface area contributed by atoms with Crippen LogP contribution in [0, 0.1) is 0 Å². The third-order valence-electron chi connectivity index (χ3n) is 3.51. The number of thioether (sulfide) groups is 1. The van der Waals surface area contributed by atoms with Crippen LogP contribution in [-0.4, -0.2) is 49.2 Å². The molecule has 1 unspecified atom stereocenters. The van der Waals surface area contributed by atoms with Crippen LogP contribution in [0.4, 0.5) is 0 Å². The summed E-state index contributed by atoms with van der Waals surface area (Å²) in [5.74, 6) is 2.87. The monoisotopic (exact) mass is 294 g/mol. The van der Waals surface area contributed by atoms with Gasteiger partial charge in [-0.1, -0.05) is 12.1 Å². The molecular formula is C15H22N2O2S. The molecule has 0 aliphatic carbocycles. The lowest BCUT2D eigenvalue weighted by Crippen LogP contribution is -2.43. The number of carbonyl (C=O) groups is 1. The van der Waals surface area contributed by atoms with Crippen molar-refractivity contribution in [2.24, 2.45) is 0 Å². The van der Waals surface area contributed by atoms with Gasteiger partial charge in [0.25, 0.3) is 0 Å². The lowest BCUT2D eigenvalue weighted by molar-refractivity contribution is -0.131. The summed E-state index contributed by atoms with van der Waals surface area (Å²) in [5, 5.41) is 3.22. The molecule has 1 saturated heterocycles. The van der Waals surface area contributed by atoms with Crippen molar-refractivity contribution in [3.63, 3.8) is 0 Å². The van der Waals surface area contributed by atoms with Gasteiger partial charge in [-0.05, 0) is 30.5 Å².